The number of piperidine rings is 1. The van der Waals surface area contributed by atoms with E-state index in [4.69, 9.17) is 15.2 Å². The number of benzene rings is 1. The van der Waals surface area contributed by atoms with Gasteiger partial charge in [0.15, 0.2) is 11.5 Å². The molecule has 1 amide bonds. The maximum absolute atomic E-state index is 12.7. The molecule has 1 heterocycles. The van der Waals surface area contributed by atoms with Crippen molar-refractivity contribution in [2.45, 2.75) is 12.8 Å². The van der Waals surface area contributed by atoms with Crippen LogP contribution in [0.25, 0.3) is 0 Å². The van der Waals surface area contributed by atoms with E-state index in [2.05, 4.69) is 0 Å². The van der Waals surface area contributed by atoms with E-state index in [1.165, 1.54) is 26.4 Å². The van der Waals surface area contributed by atoms with Crippen LogP contribution in [0, 0.1) is 16.0 Å². The molecule has 0 aliphatic carbocycles. The van der Waals surface area contributed by atoms with E-state index in [0.29, 0.717) is 19.6 Å². The number of ether oxygens (including phenoxy) is 2. The van der Waals surface area contributed by atoms with Crippen molar-refractivity contribution >= 4 is 11.6 Å². The molecule has 8 heteroatoms. The summed E-state index contributed by atoms with van der Waals surface area (Å²) in [6, 6.07) is 2.59. The molecule has 0 bridgehead atoms. The van der Waals surface area contributed by atoms with E-state index in [-0.39, 0.29) is 34.6 Å². The Kier molecular flexibility index (Phi) is 5.38. The van der Waals surface area contributed by atoms with Crippen molar-refractivity contribution in [1.29, 1.82) is 0 Å². The molecule has 8 nitrogen and oxygen atoms in total. The minimum Gasteiger partial charge on any atom is -0.493 e. The topological polar surface area (TPSA) is 108 Å². The van der Waals surface area contributed by atoms with Crippen molar-refractivity contribution in [1.82, 2.24) is 4.90 Å². The summed E-state index contributed by atoms with van der Waals surface area (Å²) in [5.41, 5.74) is 5.40. The Labute approximate surface area is 134 Å². The predicted molar refractivity (Wildman–Crippen MR) is 83.9 cm³/mol. The van der Waals surface area contributed by atoms with Gasteiger partial charge >= 0.3 is 0 Å². The molecule has 0 saturated carbocycles. The zero-order valence-electron chi connectivity index (χ0n) is 13.3. The maximum Gasteiger partial charge on any atom is 0.286 e. The van der Waals surface area contributed by atoms with Crippen LogP contribution in [0.3, 0.4) is 0 Å². The van der Waals surface area contributed by atoms with Crippen LogP contribution in [0.1, 0.15) is 23.2 Å². The highest BCUT2D eigenvalue weighted by molar-refractivity contribution is 5.99. The molecule has 23 heavy (non-hydrogen) atoms. The minimum absolute atomic E-state index is 0.00493. The van der Waals surface area contributed by atoms with Crippen LogP contribution >= 0.6 is 0 Å². The lowest BCUT2D eigenvalue weighted by atomic mass is 9.97. The molecule has 1 aliphatic rings. The van der Waals surface area contributed by atoms with Gasteiger partial charge in [0.2, 0.25) is 0 Å². The van der Waals surface area contributed by atoms with Crippen LogP contribution in [-0.2, 0) is 0 Å². The molecule has 2 rings (SSSR count). The van der Waals surface area contributed by atoms with Crippen LogP contribution in [0.15, 0.2) is 12.1 Å². The first-order valence-electron chi connectivity index (χ1n) is 7.41. The van der Waals surface area contributed by atoms with E-state index in [0.717, 1.165) is 12.8 Å². The largest absolute Gasteiger partial charge is 0.493 e. The maximum atomic E-state index is 12.7. The molecule has 1 fully saturated rings. The number of likely N-dealkylation sites (tertiary alicyclic amines) is 1. The second kappa shape index (κ2) is 7.28. The van der Waals surface area contributed by atoms with E-state index < -0.39 is 4.92 Å². The van der Waals surface area contributed by atoms with Crippen molar-refractivity contribution in [2.75, 3.05) is 33.9 Å². The predicted octanol–water partition coefficient (Wildman–Crippen LogP) is 1.42. The van der Waals surface area contributed by atoms with Crippen molar-refractivity contribution in [3.8, 4) is 11.5 Å². The number of methoxy groups -OCH3 is 2. The zero-order chi connectivity index (χ0) is 17.0. The van der Waals surface area contributed by atoms with E-state index in [1.807, 2.05) is 0 Å². The molecule has 1 aromatic rings. The number of amides is 1. The molecule has 126 valence electrons. The Morgan fingerprint density at radius 2 is 2.04 bits per heavy atom. The van der Waals surface area contributed by atoms with Crippen LogP contribution in [-0.4, -0.2) is 49.6 Å². The standard InChI is InChI=1S/C15H21N3O5/c1-22-13-6-11(12(18(20)21)7-14(13)23-2)15(19)17-5-3-4-10(8-16)9-17/h6-7,10H,3-5,8-9,16H2,1-2H3. The molecular formula is C15H21N3O5. The van der Waals surface area contributed by atoms with Gasteiger partial charge in [-0.2, -0.15) is 0 Å². The van der Waals surface area contributed by atoms with Crippen LogP contribution in [0.2, 0.25) is 0 Å². The molecule has 0 spiro atoms. The number of rotatable bonds is 5. The van der Waals surface area contributed by atoms with Gasteiger partial charge < -0.3 is 20.1 Å². The smallest absolute Gasteiger partial charge is 0.286 e. The van der Waals surface area contributed by atoms with Gasteiger partial charge in [0.05, 0.1) is 25.2 Å². The van der Waals surface area contributed by atoms with Crippen LogP contribution < -0.4 is 15.2 Å². The summed E-state index contributed by atoms with van der Waals surface area (Å²) < 4.78 is 10.2. The van der Waals surface area contributed by atoms with Gasteiger partial charge in [-0.1, -0.05) is 0 Å². The first-order chi connectivity index (χ1) is 11.0. The molecule has 0 radical (unpaired) electrons. The highest BCUT2D eigenvalue weighted by Crippen LogP contribution is 2.35. The molecule has 1 atom stereocenters. The fourth-order valence-electron chi connectivity index (χ4n) is 2.80. The second-order valence-electron chi connectivity index (χ2n) is 5.48. The summed E-state index contributed by atoms with van der Waals surface area (Å²) in [7, 11) is 2.81. The van der Waals surface area contributed by atoms with Gasteiger partial charge in [0.1, 0.15) is 5.56 Å². The normalized spacial score (nSPS) is 17.7. The molecule has 2 N–H and O–H groups in total. The Morgan fingerprint density at radius 1 is 1.39 bits per heavy atom. The van der Waals surface area contributed by atoms with Gasteiger partial charge in [-0.3, -0.25) is 14.9 Å². The monoisotopic (exact) mass is 323 g/mol. The first-order valence-corrected chi connectivity index (χ1v) is 7.41. The Balaban J connectivity index is 2.40. The summed E-state index contributed by atoms with van der Waals surface area (Å²) >= 11 is 0. The van der Waals surface area contributed by atoms with Gasteiger partial charge in [-0.25, -0.2) is 0 Å². The number of carbonyl (C=O) groups excluding carboxylic acids is 1. The summed E-state index contributed by atoms with van der Waals surface area (Å²) in [5.74, 6) is 0.353. The highest BCUT2D eigenvalue weighted by atomic mass is 16.6. The van der Waals surface area contributed by atoms with Gasteiger partial charge in [0, 0.05) is 19.2 Å². The lowest BCUT2D eigenvalue weighted by Crippen LogP contribution is -2.42. The number of nitrogens with zero attached hydrogens (tertiary/aromatic N) is 2. The molecule has 1 unspecified atom stereocenters. The van der Waals surface area contributed by atoms with Crippen LogP contribution in [0.4, 0.5) is 5.69 Å². The summed E-state index contributed by atoms with van der Waals surface area (Å²) in [6.45, 7) is 1.58. The fourth-order valence-corrected chi connectivity index (χ4v) is 2.80. The number of hydrogen-bond acceptors (Lipinski definition) is 6. The van der Waals surface area contributed by atoms with E-state index in [9.17, 15) is 14.9 Å². The number of carbonyl (C=O) groups is 1. The average Bonchev–Trinajstić information content (AvgIpc) is 2.59. The SMILES string of the molecule is COc1cc(C(=O)N2CCCC(CN)C2)c([N+](=O)[O-])cc1OC. The number of hydrogen-bond donors (Lipinski definition) is 1. The molecule has 1 aliphatic heterocycles. The quantitative estimate of drug-likeness (QED) is 0.648. The van der Waals surface area contributed by atoms with Crippen molar-refractivity contribution in [3.05, 3.63) is 27.8 Å². The lowest BCUT2D eigenvalue weighted by Gasteiger charge is -2.32. The van der Waals surface area contributed by atoms with E-state index in [1.54, 1.807) is 4.90 Å². The Hall–Kier alpha value is -2.35. The summed E-state index contributed by atoms with van der Waals surface area (Å²) in [5, 5.41) is 11.3. The third-order valence-electron chi connectivity index (χ3n) is 4.07. The summed E-state index contributed by atoms with van der Waals surface area (Å²) in [6.07, 6.45) is 1.81. The van der Waals surface area contributed by atoms with Gasteiger partial charge in [0.25, 0.3) is 11.6 Å². The number of nitro benzene ring substituents is 1. The van der Waals surface area contributed by atoms with Crippen molar-refractivity contribution in [3.63, 3.8) is 0 Å². The Bertz CT molecular complexity index is 605. The number of nitrogens with two attached hydrogens (primary N) is 1. The van der Waals surface area contributed by atoms with Gasteiger partial charge in [-0.05, 0) is 25.3 Å². The molecule has 1 saturated heterocycles. The molecular weight excluding hydrogens is 302 g/mol. The Morgan fingerprint density at radius 3 is 2.61 bits per heavy atom. The molecule has 1 aromatic carbocycles. The fraction of sp³-hybridized carbons (Fsp3) is 0.533. The summed E-state index contributed by atoms with van der Waals surface area (Å²) in [4.78, 5) is 25.1. The van der Waals surface area contributed by atoms with Crippen LogP contribution in [0.5, 0.6) is 11.5 Å². The average molecular weight is 323 g/mol. The third-order valence-corrected chi connectivity index (χ3v) is 4.07. The molecule has 0 aromatic heterocycles. The zero-order valence-corrected chi connectivity index (χ0v) is 13.3. The lowest BCUT2D eigenvalue weighted by molar-refractivity contribution is -0.385. The highest BCUT2D eigenvalue weighted by Gasteiger charge is 2.30. The second-order valence-corrected chi connectivity index (χ2v) is 5.48. The van der Waals surface area contributed by atoms with E-state index >= 15 is 0 Å². The minimum atomic E-state index is -0.584. The number of nitro groups is 1. The van der Waals surface area contributed by atoms with Crippen molar-refractivity contribution < 1.29 is 19.2 Å². The first kappa shape index (κ1) is 17.0. The third kappa shape index (κ3) is 3.53. The van der Waals surface area contributed by atoms with Gasteiger partial charge in [-0.15, -0.1) is 0 Å². The van der Waals surface area contributed by atoms with Crippen molar-refractivity contribution in [2.24, 2.45) is 11.7 Å².